The molecule has 2 atom stereocenters. The van der Waals surface area contributed by atoms with Crippen LogP contribution in [0.15, 0.2) is 48.7 Å². The second kappa shape index (κ2) is 10.1. The van der Waals surface area contributed by atoms with Gasteiger partial charge in [-0.15, -0.1) is 5.10 Å². The van der Waals surface area contributed by atoms with Crippen molar-refractivity contribution in [1.29, 1.82) is 0 Å². The molecule has 9 heteroatoms. The second-order valence-electron chi connectivity index (χ2n) is 10.5. The van der Waals surface area contributed by atoms with Gasteiger partial charge in [-0.25, -0.2) is 13.5 Å². The first kappa shape index (κ1) is 25.6. The standard InChI is InChI=1S/C30H31F2N5O2/c1-17(38)12-19-13-24(32)27-25(14-19)37(26-15-21(16-33-28(26)27)29-18(2)34-35-36(29)3)30(20-8-10-39-11-9-20)22-6-4-5-7-23(22)31/h4-7,13-17,20,30,38H,8-12H2,1-3H3/t17?,30-/m0/s1. The van der Waals surface area contributed by atoms with Gasteiger partial charge in [0.1, 0.15) is 11.6 Å². The number of aliphatic hydroxyl groups excluding tert-OH is 1. The fourth-order valence-electron chi connectivity index (χ4n) is 6.12. The average molecular weight is 532 g/mol. The summed E-state index contributed by atoms with van der Waals surface area (Å²) in [6.07, 6.45) is 2.87. The maximum atomic E-state index is 15.9. The number of rotatable bonds is 6. The van der Waals surface area contributed by atoms with Gasteiger partial charge in [0.25, 0.3) is 0 Å². The van der Waals surface area contributed by atoms with E-state index in [1.54, 1.807) is 23.9 Å². The van der Waals surface area contributed by atoms with Crippen LogP contribution in [0, 0.1) is 24.5 Å². The van der Waals surface area contributed by atoms with Crippen LogP contribution >= 0.6 is 0 Å². The number of aryl methyl sites for hydroxylation is 2. The van der Waals surface area contributed by atoms with Gasteiger partial charge in [0, 0.05) is 37.6 Å². The van der Waals surface area contributed by atoms with Crippen LogP contribution in [-0.2, 0) is 18.2 Å². The van der Waals surface area contributed by atoms with Crippen LogP contribution in [0.2, 0.25) is 0 Å². The van der Waals surface area contributed by atoms with Crippen molar-refractivity contribution in [3.05, 3.63) is 77.1 Å². The highest BCUT2D eigenvalue weighted by Crippen LogP contribution is 2.42. The molecule has 6 rings (SSSR count). The average Bonchev–Trinajstić information content (AvgIpc) is 3.41. The Morgan fingerprint density at radius 1 is 1.08 bits per heavy atom. The quantitative estimate of drug-likeness (QED) is 0.313. The van der Waals surface area contributed by atoms with Crippen LogP contribution in [0.25, 0.3) is 33.2 Å². The number of aromatic nitrogens is 5. The minimum absolute atomic E-state index is 0.0571. The molecule has 202 valence electrons. The first-order chi connectivity index (χ1) is 18.8. The van der Waals surface area contributed by atoms with E-state index in [2.05, 4.69) is 14.9 Å². The van der Waals surface area contributed by atoms with E-state index in [9.17, 15) is 5.11 Å². The number of nitrogens with zero attached hydrogens (tertiary/aromatic N) is 5. The lowest BCUT2D eigenvalue weighted by Gasteiger charge is -2.33. The number of fused-ring (bicyclic) bond motifs is 3. The SMILES string of the molecule is Cc1nnn(C)c1-c1cnc2c3c(F)cc(CC(C)O)cc3n([C@H](c3ccccc3F)C3CCOCC3)c2c1. The number of pyridine rings is 1. The van der Waals surface area contributed by atoms with Crippen molar-refractivity contribution in [3.63, 3.8) is 0 Å². The number of aliphatic hydroxyl groups is 1. The molecule has 0 bridgehead atoms. The summed E-state index contributed by atoms with van der Waals surface area (Å²) in [6, 6.07) is 11.8. The molecule has 39 heavy (non-hydrogen) atoms. The smallest absolute Gasteiger partial charge is 0.135 e. The van der Waals surface area contributed by atoms with Gasteiger partial charge in [0.2, 0.25) is 0 Å². The first-order valence-electron chi connectivity index (χ1n) is 13.3. The molecule has 2 aromatic carbocycles. The van der Waals surface area contributed by atoms with E-state index in [4.69, 9.17) is 9.72 Å². The number of ether oxygens (including phenoxy) is 1. The minimum atomic E-state index is -0.636. The Kier molecular flexibility index (Phi) is 6.64. The summed E-state index contributed by atoms with van der Waals surface area (Å²) >= 11 is 0. The van der Waals surface area contributed by atoms with E-state index in [1.807, 2.05) is 38.2 Å². The lowest BCUT2D eigenvalue weighted by Crippen LogP contribution is -2.27. The van der Waals surface area contributed by atoms with Crippen molar-refractivity contribution in [2.24, 2.45) is 13.0 Å². The molecule has 7 nitrogen and oxygen atoms in total. The minimum Gasteiger partial charge on any atom is -0.393 e. The van der Waals surface area contributed by atoms with E-state index >= 15 is 8.78 Å². The molecule has 5 aromatic rings. The highest BCUT2D eigenvalue weighted by Gasteiger charge is 2.32. The molecule has 1 N–H and O–H groups in total. The van der Waals surface area contributed by atoms with Gasteiger partial charge in [0.15, 0.2) is 0 Å². The largest absolute Gasteiger partial charge is 0.393 e. The fraction of sp³-hybridized carbons (Fsp3) is 0.367. The molecule has 1 aliphatic heterocycles. The van der Waals surface area contributed by atoms with Gasteiger partial charge in [-0.05, 0) is 68.9 Å². The highest BCUT2D eigenvalue weighted by atomic mass is 19.1. The molecule has 0 spiro atoms. The molecule has 1 fully saturated rings. The van der Waals surface area contributed by atoms with Crippen LogP contribution < -0.4 is 0 Å². The lowest BCUT2D eigenvalue weighted by molar-refractivity contribution is 0.0548. The molecule has 1 saturated heterocycles. The van der Waals surface area contributed by atoms with Crippen molar-refractivity contribution in [3.8, 4) is 11.3 Å². The third-order valence-electron chi connectivity index (χ3n) is 7.77. The summed E-state index contributed by atoms with van der Waals surface area (Å²) in [7, 11) is 1.82. The van der Waals surface area contributed by atoms with Crippen LogP contribution in [0.1, 0.15) is 42.6 Å². The third kappa shape index (κ3) is 4.49. The van der Waals surface area contributed by atoms with E-state index in [-0.39, 0.29) is 11.7 Å². The second-order valence-corrected chi connectivity index (χ2v) is 10.5. The highest BCUT2D eigenvalue weighted by molar-refractivity contribution is 6.07. The molecular formula is C30H31F2N5O2. The number of hydrogen-bond donors (Lipinski definition) is 1. The van der Waals surface area contributed by atoms with Gasteiger partial charge in [0.05, 0.1) is 45.5 Å². The number of hydrogen-bond acceptors (Lipinski definition) is 5. The fourth-order valence-corrected chi connectivity index (χ4v) is 6.12. The Bertz CT molecular complexity index is 1650. The Morgan fingerprint density at radius 2 is 1.85 bits per heavy atom. The lowest BCUT2D eigenvalue weighted by atomic mass is 9.86. The Balaban J connectivity index is 1.71. The predicted molar refractivity (Wildman–Crippen MR) is 145 cm³/mol. The summed E-state index contributed by atoms with van der Waals surface area (Å²) in [5.74, 6) is -0.660. The van der Waals surface area contributed by atoms with E-state index in [0.29, 0.717) is 52.7 Å². The van der Waals surface area contributed by atoms with Crippen molar-refractivity contribution in [1.82, 2.24) is 24.5 Å². The molecule has 0 saturated carbocycles. The van der Waals surface area contributed by atoms with E-state index in [0.717, 1.165) is 29.8 Å². The molecule has 0 aliphatic carbocycles. The summed E-state index contributed by atoms with van der Waals surface area (Å²) in [6.45, 7) is 4.73. The zero-order valence-electron chi connectivity index (χ0n) is 22.2. The van der Waals surface area contributed by atoms with Crippen LogP contribution in [0.5, 0.6) is 0 Å². The zero-order valence-corrected chi connectivity index (χ0v) is 22.2. The summed E-state index contributed by atoms with van der Waals surface area (Å²) in [5, 5.41) is 18.8. The molecule has 0 amide bonds. The normalized spacial score (nSPS) is 16.3. The van der Waals surface area contributed by atoms with Crippen LogP contribution in [0.3, 0.4) is 0 Å². The Hall–Kier alpha value is -3.69. The third-order valence-corrected chi connectivity index (χ3v) is 7.77. The molecule has 1 aliphatic rings. The van der Waals surface area contributed by atoms with E-state index < -0.39 is 18.0 Å². The van der Waals surface area contributed by atoms with Crippen molar-refractivity contribution in [2.75, 3.05) is 13.2 Å². The van der Waals surface area contributed by atoms with E-state index in [1.165, 1.54) is 12.1 Å². The first-order valence-corrected chi connectivity index (χ1v) is 13.3. The predicted octanol–water partition coefficient (Wildman–Crippen LogP) is 5.51. The molecular weight excluding hydrogens is 500 g/mol. The molecule has 1 unspecified atom stereocenters. The van der Waals surface area contributed by atoms with Gasteiger partial charge in [-0.3, -0.25) is 4.98 Å². The summed E-state index contributed by atoms with van der Waals surface area (Å²) in [4.78, 5) is 4.77. The number of benzene rings is 2. The van der Waals surface area contributed by atoms with Crippen LogP contribution in [0.4, 0.5) is 8.78 Å². The molecule has 3 aromatic heterocycles. The van der Waals surface area contributed by atoms with Crippen molar-refractivity contribution in [2.45, 2.75) is 45.3 Å². The topological polar surface area (TPSA) is 78.0 Å². The zero-order chi connectivity index (χ0) is 27.3. The van der Waals surface area contributed by atoms with Crippen molar-refractivity contribution < 1.29 is 18.6 Å². The van der Waals surface area contributed by atoms with Gasteiger partial charge in [-0.1, -0.05) is 23.4 Å². The number of halogens is 2. The van der Waals surface area contributed by atoms with Gasteiger partial charge in [-0.2, -0.15) is 0 Å². The Labute approximate surface area is 225 Å². The van der Waals surface area contributed by atoms with Crippen molar-refractivity contribution >= 4 is 21.9 Å². The van der Waals surface area contributed by atoms with Gasteiger partial charge >= 0.3 is 0 Å². The monoisotopic (exact) mass is 531 g/mol. The summed E-state index contributed by atoms with van der Waals surface area (Å²) in [5.41, 5.74) is 5.42. The maximum Gasteiger partial charge on any atom is 0.135 e. The molecule has 4 heterocycles. The Morgan fingerprint density at radius 3 is 2.54 bits per heavy atom. The maximum absolute atomic E-state index is 15.9. The molecule has 0 radical (unpaired) electrons. The summed E-state index contributed by atoms with van der Waals surface area (Å²) < 4.78 is 40.8. The van der Waals surface area contributed by atoms with Gasteiger partial charge < -0.3 is 14.4 Å². The van der Waals surface area contributed by atoms with Crippen LogP contribution in [-0.4, -0.2) is 49.0 Å².